The first-order chi connectivity index (χ1) is 15.1. The van der Waals surface area contributed by atoms with Gasteiger partial charge in [0.2, 0.25) is 0 Å². The average Bonchev–Trinajstić information content (AvgIpc) is 3.56. The summed E-state index contributed by atoms with van der Waals surface area (Å²) < 4.78 is 13.0. The number of nitrogens with two attached hydrogens (primary N) is 1. The molecule has 8 nitrogen and oxygen atoms in total. The van der Waals surface area contributed by atoms with E-state index in [4.69, 9.17) is 15.2 Å². The molecule has 0 radical (unpaired) electrons. The fourth-order valence-electron chi connectivity index (χ4n) is 4.63. The maximum absolute atomic E-state index is 9.98. The third-order valence-corrected chi connectivity index (χ3v) is 6.31. The molecule has 0 aliphatic carbocycles. The Balaban J connectivity index is 1.60. The van der Waals surface area contributed by atoms with Crippen molar-refractivity contribution in [1.29, 1.82) is 5.26 Å². The normalized spacial score (nSPS) is 20.3. The van der Waals surface area contributed by atoms with Crippen molar-refractivity contribution in [3.05, 3.63) is 48.5 Å². The van der Waals surface area contributed by atoms with E-state index in [9.17, 15) is 5.26 Å². The van der Waals surface area contributed by atoms with E-state index < -0.39 is 0 Å². The number of nitrogen functional groups attached to an aromatic ring is 1. The summed E-state index contributed by atoms with van der Waals surface area (Å²) >= 11 is 0. The Morgan fingerprint density at radius 2 is 2.16 bits per heavy atom. The Morgan fingerprint density at radius 3 is 2.87 bits per heavy atom. The summed E-state index contributed by atoms with van der Waals surface area (Å²) in [5.41, 5.74) is 9.47. The van der Waals surface area contributed by atoms with Crippen LogP contribution in [-0.4, -0.2) is 47.9 Å². The van der Waals surface area contributed by atoms with Crippen molar-refractivity contribution in [2.24, 2.45) is 5.41 Å². The molecule has 5 rings (SSSR count). The van der Waals surface area contributed by atoms with E-state index in [1.807, 2.05) is 12.1 Å². The minimum Gasteiger partial charge on any atom is -0.497 e. The third kappa shape index (κ3) is 3.47. The molecule has 2 aliphatic rings. The summed E-state index contributed by atoms with van der Waals surface area (Å²) in [6, 6.07) is 10.1. The second-order valence-corrected chi connectivity index (χ2v) is 8.27. The molecule has 2 aliphatic heterocycles. The molecular formula is C23H24N6O2. The number of anilines is 2. The van der Waals surface area contributed by atoms with Crippen LogP contribution in [0.5, 0.6) is 5.75 Å². The lowest BCUT2D eigenvalue weighted by molar-refractivity contribution is 0.160. The van der Waals surface area contributed by atoms with Gasteiger partial charge in [-0.25, -0.2) is 9.97 Å². The van der Waals surface area contributed by atoms with Crippen LogP contribution in [-0.2, 0) is 4.74 Å². The number of hydrogen-bond acceptors (Lipinski definition) is 7. The summed E-state index contributed by atoms with van der Waals surface area (Å²) in [5.74, 6) is 1.53. The van der Waals surface area contributed by atoms with Gasteiger partial charge in [0.25, 0.3) is 0 Å². The summed E-state index contributed by atoms with van der Waals surface area (Å²) in [6.07, 6.45) is 7.23. The Labute approximate surface area is 180 Å². The molecule has 158 valence electrons. The molecule has 8 heteroatoms. The van der Waals surface area contributed by atoms with Gasteiger partial charge in [0.15, 0.2) is 5.82 Å². The summed E-state index contributed by atoms with van der Waals surface area (Å²) in [7, 11) is 1.65. The van der Waals surface area contributed by atoms with E-state index in [1.165, 1.54) is 0 Å². The zero-order valence-corrected chi connectivity index (χ0v) is 17.4. The second kappa shape index (κ2) is 7.60. The lowest BCUT2D eigenvalue weighted by Gasteiger charge is -2.24. The molecule has 1 atom stereocenters. The number of nitrogens with zero attached hydrogens (tertiary/aromatic N) is 5. The van der Waals surface area contributed by atoms with Crippen molar-refractivity contribution >= 4 is 11.5 Å². The number of methoxy groups -OCH3 is 1. The molecule has 2 fully saturated rings. The predicted molar refractivity (Wildman–Crippen MR) is 117 cm³/mol. The van der Waals surface area contributed by atoms with Crippen LogP contribution >= 0.6 is 0 Å². The zero-order chi connectivity index (χ0) is 21.4. The Hall–Kier alpha value is -3.57. The quantitative estimate of drug-likeness (QED) is 0.697. The molecule has 0 amide bonds. The van der Waals surface area contributed by atoms with Crippen LogP contribution < -0.4 is 15.4 Å². The minimum absolute atomic E-state index is 0.247. The SMILES string of the molecule is COc1cc(-c2cc(N)nc(-n3ccnc3)c2C#N)cc(N2CCC3(CCOC3)C2)c1. The number of hydrogen-bond donors (Lipinski definition) is 1. The first-order valence-electron chi connectivity index (χ1n) is 10.3. The van der Waals surface area contributed by atoms with Gasteiger partial charge in [-0.05, 0) is 36.6 Å². The molecule has 2 N–H and O–H groups in total. The molecule has 4 heterocycles. The minimum atomic E-state index is 0.247. The van der Waals surface area contributed by atoms with E-state index in [-0.39, 0.29) is 5.41 Å². The van der Waals surface area contributed by atoms with E-state index in [0.717, 1.165) is 61.7 Å². The number of nitriles is 1. The van der Waals surface area contributed by atoms with Gasteiger partial charge in [0, 0.05) is 54.8 Å². The summed E-state index contributed by atoms with van der Waals surface area (Å²) in [5, 5.41) is 9.98. The fourth-order valence-corrected chi connectivity index (χ4v) is 4.63. The first-order valence-corrected chi connectivity index (χ1v) is 10.3. The number of ether oxygens (including phenoxy) is 2. The molecule has 2 aromatic heterocycles. The maximum Gasteiger partial charge on any atom is 0.158 e. The van der Waals surface area contributed by atoms with E-state index in [1.54, 1.807) is 36.5 Å². The van der Waals surface area contributed by atoms with Crippen LogP contribution in [0.4, 0.5) is 11.5 Å². The molecule has 0 saturated carbocycles. The molecule has 1 aromatic carbocycles. The van der Waals surface area contributed by atoms with Gasteiger partial charge in [-0.3, -0.25) is 4.57 Å². The highest BCUT2D eigenvalue weighted by Gasteiger charge is 2.41. The van der Waals surface area contributed by atoms with Gasteiger partial charge >= 0.3 is 0 Å². The standard InChI is InChI=1S/C23H24N6O2/c1-30-18-9-16(8-17(10-18)28-5-2-23(13-28)3-7-31-14-23)19-11-21(25)27-22(20(19)12-24)29-6-4-26-15-29/h4,6,8-11,15H,2-3,5,7,13-14H2,1H3,(H2,25,27). The van der Waals surface area contributed by atoms with Crippen LogP contribution in [0.25, 0.3) is 16.9 Å². The molecule has 31 heavy (non-hydrogen) atoms. The molecule has 3 aromatic rings. The second-order valence-electron chi connectivity index (χ2n) is 8.27. The Morgan fingerprint density at radius 1 is 1.26 bits per heavy atom. The van der Waals surface area contributed by atoms with Gasteiger partial charge in [0.05, 0.1) is 13.7 Å². The fraction of sp³-hybridized carbons (Fsp3) is 0.348. The molecule has 0 bridgehead atoms. The van der Waals surface area contributed by atoms with Crippen LogP contribution in [0.15, 0.2) is 43.0 Å². The lowest BCUT2D eigenvalue weighted by Crippen LogP contribution is -2.27. The number of pyridine rings is 1. The van der Waals surface area contributed by atoms with Crippen LogP contribution in [0.1, 0.15) is 18.4 Å². The van der Waals surface area contributed by atoms with Gasteiger partial charge in [-0.1, -0.05) is 0 Å². The number of imidazole rings is 1. The molecular weight excluding hydrogens is 392 g/mol. The highest BCUT2D eigenvalue weighted by Crippen LogP contribution is 2.42. The first kappa shape index (κ1) is 19.4. The van der Waals surface area contributed by atoms with Crippen LogP contribution in [0.2, 0.25) is 0 Å². The number of benzene rings is 1. The molecule has 1 spiro atoms. The van der Waals surface area contributed by atoms with Crippen molar-refractivity contribution in [3.8, 4) is 28.8 Å². The van der Waals surface area contributed by atoms with Crippen molar-refractivity contribution in [2.45, 2.75) is 12.8 Å². The Bertz CT molecular complexity index is 1150. The average molecular weight is 416 g/mol. The molecule has 2 saturated heterocycles. The summed E-state index contributed by atoms with van der Waals surface area (Å²) in [6.45, 7) is 3.60. The zero-order valence-electron chi connectivity index (χ0n) is 17.4. The lowest BCUT2D eigenvalue weighted by atomic mass is 9.87. The third-order valence-electron chi connectivity index (χ3n) is 6.31. The largest absolute Gasteiger partial charge is 0.497 e. The van der Waals surface area contributed by atoms with Crippen molar-refractivity contribution in [3.63, 3.8) is 0 Å². The van der Waals surface area contributed by atoms with E-state index >= 15 is 0 Å². The van der Waals surface area contributed by atoms with Crippen LogP contribution in [0, 0.1) is 16.7 Å². The van der Waals surface area contributed by atoms with Gasteiger partial charge in [-0.15, -0.1) is 0 Å². The highest BCUT2D eigenvalue weighted by molar-refractivity contribution is 5.79. The Kier molecular flexibility index (Phi) is 4.75. The number of aromatic nitrogens is 3. The van der Waals surface area contributed by atoms with Crippen molar-refractivity contribution in [2.75, 3.05) is 44.0 Å². The predicted octanol–water partition coefficient (Wildman–Crippen LogP) is 3.01. The van der Waals surface area contributed by atoms with Gasteiger partial charge in [0.1, 0.15) is 29.5 Å². The van der Waals surface area contributed by atoms with Crippen molar-refractivity contribution < 1.29 is 9.47 Å². The highest BCUT2D eigenvalue weighted by atomic mass is 16.5. The van der Waals surface area contributed by atoms with E-state index in [2.05, 4.69) is 27.0 Å². The van der Waals surface area contributed by atoms with Crippen LogP contribution in [0.3, 0.4) is 0 Å². The smallest absolute Gasteiger partial charge is 0.158 e. The van der Waals surface area contributed by atoms with Gasteiger partial charge in [-0.2, -0.15) is 5.26 Å². The molecule has 1 unspecified atom stereocenters. The summed E-state index contributed by atoms with van der Waals surface area (Å²) in [4.78, 5) is 10.8. The van der Waals surface area contributed by atoms with Gasteiger partial charge < -0.3 is 20.1 Å². The van der Waals surface area contributed by atoms with E-state index in [0.29, 0.717) is 17.2 Å². The van der Waals surface area contributed by atoms with Crippen molar-refractivity contribution in [1.82, 2.24) is 14.5 Å². The topological polar surface area (TPSA) is 102 Å². The maximum atomic E-state index is 9.98. The number of rotatable bonds is 4. The monoisotopic (exact) mass is 416 g/mol.